The standard InChI is InChI=1S/C17H23N3O3/c1-4-9-18-17(21)13-6-8-16(19-10-13)20-14(11-22-3)15-7-5-12(2)23-15/h5-8,10,14H,4,9,11H2,1-3H3,(H,18,21)(H,19,20)/t14-/m1/s1. The molecule has 0 aliphatic rings. The van der Waals surface area contributed by atoms with E-state index in [0.29, 0.717) is 24.5 Å². The molecule has 0 bridgehead atoms. The van der Waals surface area contributed by atoms with Gasteiger partial charge in [-0.1, -0.05) is 6.92 Å². The number of carbonyl (C=O) groups is 1. The highest BCUT2D eigenvalue weighted by Crippen LogP contribution is 2.21. The first kappa shape index (κ1) is 17.0. The Hall–Kier alpha value is -2.34. The van der Waals surface area contributed by atoms with Gasteiger partial charge in [-0.15, -0.1) is 0 Å². The van der Waals surface area contributed by atoms with Crippen LogP contribution < -0.4 is 10.6 Å². The molecule has 2 aromatic heterocycles. The largest absolute Gasteiger partial charge is 0.464 e. The number of ether oxygens (including phenoxy) is 1. The molecule has 0 aromatic carbocycles. The zero-order valence-corrected chi connectivity index (χ0v) is 13.8. The van der Waals surface area contributed by atoms with Gasteiger partial charge in [0.25, 0.3) is 5.91 Å². The second-order valence-corrected chi connectivity index (χ2v) is 5.29. The highest BCUT2D eigenvalue weighted by Gasteiger charge is 2.16. The lowest BCUT2D eigenvalue weighted by Gasteiger charge is -2.16. The average Bonchev–Trinajstić information content (AvgIpc) is 2.99. The number of nitrogens with zero attached hydrogens (tertiary/aromatic N) is 1. The van der Waals surface area contributed by atoms with Crippen molar-refractivity contribution in [2.45, 2.75) is 26.3 Å². The molecule has 2 N–H and O–H groups in total. The first-order valence-corrected chi connectivity index (χ1v) is 7.70. The molecule has 23 heavy (non-hydrogen) atoms. The van der Waals surface area contributed by atoms with Crippen molar-refractivity contribution in [2.24, 2.45) is 0 Å². The number of rotatable bonds is 8. The van der Waals surface area contributed by atoms with Crippen LogP contribution in [0.5, 0.6) is 0 Å². The van der Waals surface area contributed by atoms with Crippen LogP contribution in [0.25, 0.3) is 0 Å². The van der Waals surface area contributed by atoms with Gasteiger partial charge < -0.3 is 19.8 Å². The summed E-state index contributed by atoms with van der Waals surface area (Å²) in [7, 11) is 1.64. The number of carbonyl (C=O) groups excluding carboxylic acids is 1. The molecule has 2 heterocycles. The lowest BCUT2D eigenvalue weighted by Crippen LogP contribution is -2.24. The maximum Gasteiger partial charge on any atom is 0.252 e. The predicted octanol–water partition coefficient (Wildman–Crippen LogP) is 2.92. The van der Waals surface area contributed by atoms with E-state index in [1.165, 1.54) is 0 Å². The van der Waals surface area contributed by atoms with Crippen molar-refractivity contribution in [3.05, 3.63) is 47.5 Å². The molecule has 0 aliphatic carbocycles. The second kappa shape index (κ2) is 8.33. The van der Waals surface area contributed by atoms with Crippen LogP contribution in [-0.2, 0) is 4.74 Å². The fourth-order valence-corrected chi connectivity index (χ4v) is 2.13. The van der Waals surface area contributed by atoms with Crippen molar-refractivity contribution in [1.82, 2.24) is 10.3 Å². The monoisotopic (exact) mass is 317 g/mol. The first-order chi connectivity index (χ1) is 11.1. The lowest BCUT2D eigenvalue weighted by molar-refractivity contribution is 0.0953. The van der Waals surface area contributed by atoms with Gasteiger partial charge in [-0.2, -0.15) is 0 Å². The van der Waals surface area contributed by atoms with Crippen molar-refractivity contribution < 1.29 is 13.9 Å². The smallest absolute Gasteiger partial charge is 0.252 e. The first-order valence-electron chi connectivity index (χ1n) is 7.70. The van der Waals surface area contributed by atoms with Crippen molar-refractivity contribution in [2.75, 3.05) is 25.6 Å². The number of aryl methyl sites for hydroxylation is 1. The molecule has 2 aromatic rings. The Morgan fingerprint density at radius 1 is 1.35 bits per heavy atom. The zero-order chi connectivity index (χ0) is 16.7. The lowest BCUT2D eigenvalue weighted by atomic mass is 10.2. The maximum absolute atomic E-state index is 11.9. The molecule has 0 saturated carbocycles. The summed E-state index contributed by atoms with van der Waals surface area (Å²) in [4.78, 5) is 16.2. The number of anilines is 1. The number of amides is 1. The van der Waals surface area contributed by atoms with Crippen LogP contribution in [0.1, 0.15) is 41.3 Å². The number of furan rings is 1. The average molecular weight is 317 g/mol. The Morgan fingerprint density at radius 2 is 2.17 bits per heavy atom. The molecule has 0 spiro atoms. The maximum atomic E-state index is 11.9. The van der Waals surface area contributed by atoms with Crippen LogP contribution >= 0.6 is 0 Å². The summed E-state index contributed by atoms with van der Waals surface area (Å²) in [6.07, 6.45) is 2.46. The van der Waals surface area contributed by atoms with Crippen molar-refractivity contribution in [1.29, 1.82) is 0 Å². The van der Waals surface area contributed by atoms with Crippen LogP contribution in [0.2, 0.25) is 0 Å². The molecule has 0 unspecified atom stereocenters. The highest BCUT2D eigenvalue weighted by atomic mass is 16.5. The number of methoxy groups -OCH3 is 1. The molecule has 6 nitrogen and oxygen atoms in total. The Labute approximate surface area is 136 Å². The molecule has 0 saturated heterocycles. The number of pyridine rings is 1. The van der Waals surface area contributed by atoms with Crippen LogP contribution in [0, 0.1) is 6.92 Å². The Bertz CT molecular complexity index is 622. The normalized spacial score (nSPS) is 12.0. The molecular formula is C17H23N3O3. The van der Waals surface area contributed by atoms with Gasteiger partial charge in [0.1, 0.15) is 23.4 Å². The van der Waals surface area contributed by atoms with Crippen LogP contribution in [0.15, 0.2) is 34.9 Å². The Balaban J connectivity index is 2.04. The van der Waals surface area contributed by atoms with Gasteiger partial charge in [-0.25, -0.2) is 4.98 Å². The minimum atomic E-state index is -0.138. The highest BCUT2D eigenvalue weighted by molar-refractivity contribution is 5.94. The van der Waals surface area contributed by atoms with E-state index < -0.39 is 0 Å². The molecule has 0 fully saturated rings. The Morgan fingerprint density at radius 3 is 2.74 bits per heavy atom. The fraction of sp³-hybridized carbons (Fsp3) is 0.412. The van der Waals surface area contributed by atoms with Crippen LogP contribution in [-0.4, -0.2) is 31.2 Å². The number of hydrogen-bond acceptors (Lipinski definition) is 5. The molecule has 0 aliphatic heterocycles. The van der Waals surface area contributed by atoms with Gasteiger partial charge in [0.05, 0.1) is 12.2 Å². The van der Waals surface area contributed by atoms with Crippen LogP contribution in [0.4, 0.5) is 5.82 Å². The number of nitrogens with one attached hydrogen (secondary N) is 2. The van der Waals surface area contributed by atoms with Crippen molar-refractivity contribution in [3.63, 3.8) is 0 Å². The predicted molar refractivity (Wildman–Crippen MR) is 88.5 cm³/mol. The quantitative estimate of drug-likeness (QED) is 0.783. The van der Waals surface area contributed by atoms with Gasteiger partial charge in [0.2, 0.25) is 0 Å². The van der Waals surface area contributed by atoms with E-state index in [-0.39, 0.29) is 11.9 Å². The van der Waals surface area contributed by atoms with E-state index in [9.17, 15) is 4.79 Å². The van der Waals surface area contributed by atoms with Gasteiger partial charge in [0, 0.05) is 19.9 Å². The second-order valence-electron chi connectivity index (χ2n) is 5.29. The molecule has 0 radical (unpaired) electrons. The van der Waals surface area contributed by atoms with E-state index >= 15 is 0 Å². The number of hydrogen-bond donors (Lipinski definition) is 2. The summed E-state index contributed by atoms with van der Waals surface area (Å²) in [6, 6.07) is 7.21. The van der Waals surface area contributed by atoms with Gasteiger partial charge in [0.15, 0.2) is 0 Å². The topological polar surface area (TPSA) is 76.4 Å². The van der Waals surface area contributed by atoms with Gasteiger partial charge in [-0.3, -0.25) is 4.79 Å². The van der Waals surface area contributed by atoms with E-state index in [0.717, 1.165) is 17.9 Å². The molecule has 1 atom stereocenters. The summed E-state index contributed by atoms with van der Waals surface area (Å²) in [5.74, 6) is 2.18. The van der Waals surface area contributed by atoms with Gasteiger partial charge >= 0.3 is 0 Å². The van der Waals surface area contributed by atoms with Crippen LogP contribution in [0.3, 0.4) is 0 Å². The third-order valence-corrected chi connectivity index (χ3v) is 3.32. The summed E-state index contributed by atoms with van der Waals surface area (Å²) in [6.45, 7) is 5.02. The number of aromatic nitrogens is 1. The van der Waals surface area contributed by atoms with E-state index in [4.69, 9.17) is 9.15 Å². The molecule has 2 rings (SSSR count). The van der Waals surface area contributed by atoms with E-state index in [1.807, 2.05) is 26.0 Å². The van der Waals surface area contributed by atoms with E-state index in [2.05, 4.69) is 15.6 Å². The summed E-state index contributed by atoms with van der Waals surface area (Å²) >= 11 is 0. The minimum Gasteiger partial charge on any atom is -0.464 e. The van der Waals surface area contributed by atoms with Gasteiger partial charge in [-0.05, 0) is 37.6 Å². The molecular weight excluding hydrogens is 294 g/mol. The van der Waals surface area contributed by atoms with E-state index in [1.54, 1.807) is 25.4 Å². The summed E-state index contributed by atoms with van der Waals surface area (Å²) in [5.41, 5.74) is 0.543. The SMILES string of the molecule is CCCNC(=O)c1ccc(N[C@H](COC)c2ccc(C)o2)nc1. The third-order valence-electron chi connectivity index (χ3n) is 3.32. The molecule has 1 amide bonds. The summed E-state index contributed by atoms with van der Waals surface area (Å²) in [5, 5.41) is 6.08. The fourth-order valence-electron chi connectivity index (χ4n) is 2.13. The van der Waals surface area contributed by atoms with Crippen molar-refractivity contribution in [3.8, 4) is 0 Å². The third kappa shape index (κ3) is 4.82. The Kier molecular flexibility index (Phi) is 6.17. The molecule has 124 valence electrons. The summed E-state index contributed by atoms with van der Waals surface area (Å²) < 4.78 is 10.9. The van der Waals surface area contributed by atoms with Crippen molar-refractivity contribution >= 4 is 11.7 Å². The molecule has 6 heteroatoms. The zero-order valence-electron chi connectivity index (χ0n) is 13.8. The minimum absolute atomic E-state index is 0.110.